The van der Waals surface area contributed by atoms with E-state index in [0.717, 1.165) is 33.5 Å². The lowest BCUT2D eigenvalue weighted by Gasteiger charge is -2.33. The molecule has 0 heterocycles. The molecule has 0 nitrogen and oxygen atoms in total. The van der Waals surface area contributed by atoms with Crippen molar-refractivity contribution in [3.05, 3.63) is 293 Å². The Kier molecular flexibility index (Phi) is 24.1. The average molecular weight is 1590 g/mol. The summed E-state index contributed by atoms with van der Waals surface area (Å²) in [6.07, 6.45) is 30.6. The van der Waals surface area contributed by atoms with Gasteiger partial charge in [-0.15, -0.1) is 0 Å². The molecule has 0 radical (unpaired) electrons. The topological polar surface area (TPSA) is 0 Å². The minimum absolute atomic E-state index is 0.0725. The number of hydrogen-bond acceptors (Lipinski definition) is 0. The van der Waals surface area contributed by atoms with E-state index < -0.39 is 0 Å². The third kappa shape index (κ3) is 16.5. The summed E-state index contributed by atoms with van der Waals surface area (Å²) in [5, 5.41) is 17.9. The van der Waals surface area contributed by atoms with Gasteiger partial charge in [0.1, 0.15) is 0 Å². The first kappa shape index (κ1) is 69.3. The zero-order chi connectivity index (χ0) is 66.3. The van der Waals surface area contributed by atoms with Crippen molar-refractivity contribution >= 4 is 144 Å². The van der Waals surface area contributed by atoms with Crippen molar-refractivity contribution < 1.29 is 0 Å². The third-order valence-electron chi connectivity index (χ3n) is 21.1. The predicted octanol–water partition coefficient (Wildman–Crippen LogP) is 30.1. The summed E-state index contributed by atoms with van der Waals surface area (Å²) in [5.74, 6) is 0. The predicted molar refractivity (Wildman–Crippen MR) is 440 cm³/mol. The molecule has 0 amide bonds. The normalized spacial score (nSPS) is 12.6. The number of unbranched alkanes of at least 4 members (excludes halogenated alkanes) is 15. The second kappa shape index (κ2) is 33.8. The Hall–Kier alpha value is -6.18. The van der Waals surface area contributed by atoms with E-state index in [4.69, 9.17) is 0 Å². The quantitative estimate of drug-likeness (QED) is 0.0288. The van der Waals surface area contributed by atoms with Crippen LogP contribution >= 0.6 is 79.6 Å². The van der Waals surface area contributed by atoms with E-state index in [2.05, 4.69) is 316 Å². The van der Waals surface area contributed by atoms with Crippen LogP contribution < -0.4 is 0 Å². The van der Waals surface area contributed by atoms with Crippen LogP contribution in [-0.4, -0.2) is 5.33 Å². The van der Waals surface area contributed by atoms with E-state index in [1.165, 1.54) is 253 Å². The fourth-order valence-corrected chi connectivity index (χ4v) is 18.3. The molecular weight excluding hydrogens is 1500 g/mol. The van der Waals surface area contributed by atoms with Gasteiger partial charge in [0.25, 0.3) is 0 Å². The Morgan fingerprint density at radius 1 is 0.247 bits per heavy atom. The standard InChI is InChI=1S/C57H56Br2.C22H25Br.C13H8Br2/c58-45-31-33-53-54-34-32-46(59)40-56(54)57(55(53)39-45,35-19-7-3-1-5-9-29-51-47-25-15-11-21-41(47)37-42-22-12-16-26-48(42)51)36-20-8-4-2-6-10-30-52-49-27-17-13-23-43(49)38-44-24-14-18-28-50(44)52;23-16-10-4-2-1-3-5-15-22-20-13-8-6-11-18(20)17-19-12-7-9-14-21(19)22;14-10-1-3-12-8(6-10)5-9-7-11(15)2-4-13(9)12/h11-18,21-28,31-34,37-40H,1-10,19-20,29-30,35-36H2;6-9,11-14,17H,1-5,10,15-16H2;1-4,6-7H,5H2. The van der Waals surface area contributed by atoms with Crippen LogP contribution in [0.3, 0.4) is 0 Å². The van der Waals surface area contributed by atoms with Gasteiger partial charge in [-0.25, -0.2) is 0 Å². The van der Waals surface area contributed by atoms with Gasteiger partial charge in [0.05, 0.1) is 0 Å². The molecule has 0 fully saturated rings. The molecule has 0 saturated heterocycles. The maximum Gasteiger partial charge on any atom is 0.0216 e. The molecule has 0 bridgehead atoms. The van der Waals surface area contributed by atoms with Crippen molar-refractivity contribution in [1.82, 2.24) is 0 Å². The minimum Gasteiger partial charge on any atom is -0.0928 e. The molecule has 2 aliphatic rings. The van der Waals surface area contributed by atoms with Crippen molar-refractivity contribution in [2.24, 2.45) is 0 Å². The summed E-state index contributed by atoms with van der Waals surface area (Å²) < 4.78 is 4.72. The average Bonchev–Trinajstić information content (AvgIpc) is 1.58. The van der Waals surface area contributed by atoms with Crippen LogP contribution in [0.25, 0.3) is 86.9 Å². The van der Waals surface area contributed by atoms with Gasteiger partial charge >= 0.3 is 0 Å². The lowest BCUT2D eigenvalue weighted by atomic mass is 9.70. The van der Waals surface area contributed by atoms with Gasteiger partial charge in [-0.2, -0.15) is 0 Å². The van der Waals surface area contributed by atoms with Gasteiger partial charge < -0.3 is 0 Å². The van der Waals surface area contributed by atoms with Gasteiger partial charge in [0.2, 0.25) is 0 Å². The molecule has 97 heavy (non-hydrogen) atoms. The first-order valence-corrected chi connectivity index (χ1v) is 40.4. The molecule has 0 unspecified atom stereocenters. The maximum absolute atomic E-state index is 3.89. The third-order valence-corrected chi connectivity index (χ3v) is 23.6. The number of aryl methyl sites for hydroxylation is 3. The van der Waals surface area contributed by atoms with Crippen LogP contribution in [0.1, 0.15) is 167 Å². The van der Waals surface area contributed by atoms with Crippen LogP contribution in [0.2, 0.25) is 0 Å². The Balaban J connectivity index is 0.000000180. The molecule has 5 heteroatoms. The maximum atomic E-state index is 3.89. The van der Waals surface area contributed by atoms with Crippen LogP contribution in [0.5, 0.6) is 0 Å². The lowest BCUT2D eigenvalue weighted by Crippen LogP contribution is -2.25. The molecule has 0 aliphatic heterocycles. The van der Waals surface area contributed by atoms with Crippen LogP contribution in [0.4, 0.5) is 0 Å². The molecule has 492 valence electrons. The first-order valence-electron chi connectivity index (χ1n) is 36.1. The summed E-state index contributed by atoms with van der Waals surface area (Å²) in [6, 6.07) is 87.7. The van der Waals surface area contributed by atoms with Crippen LogP contribution in [0, 0.1) is 0 Å². The molecular formula is C92H89Br5. The van der Waals surface area contributed by atoms with Crippen molar-refractivity contribution in [3.8, 4) is 22.3 Å². The first-order chi connectivity index (χ1) is 47.7. The van der Waals surface area contributed by atoms with E-state index in [0.29, 0.717) is 0 Å². The van der Waals surface area contributed by atoms with E-state index in [1.54, 1.807) is 16.7 Å². The summed E-state index contributed by atoms with van der Waals surface area (Å²) >= 11 is 18.3. The highest BCUT2D eigenvalue weighted by Gasteiger charge is 2.42. The lowest BCUT2D eigenvalue weighted by molar-refractivity contribution is 0.397. The van der Waals surface area contributed by atoms with E-state index in [1.807, 2.05) is 0 Å². The fourth-order valence-electron chi connectivity index (χ4n) is 16.4. The summed E-state index contributed by atoms with van der Waals surface area (Å²) in [6.45, 7) is 0. The van der Waals surface area contributed by atoms with Crippen molar-refractivity contribution in [3.63, 3.8) is 0 Å². The smallest absolute Gasteiger partial charge is 0.0216 e. The molecule has 13 aromatic carbocycles. The molecule has 0 spiro atoms. The van der Waals surface area contributed by atoms with Crippen LogP contribution in [0.15, 0.2) is 254 Å². The summed E-state index contributed by atoms with van der Waals surface area (Å²) in [5.41, 5.74) is 16.2. The Labute approximate surface area is 619 Å². The van der Waals surface area contributed by atoms with Gasteiger partial charge in [0.15, 0.2) is 0 Å². The number of alkyl halides is 1. The highest BCUT2D eigenvalue weighted by molar-refractivity contribution is 9.11. The van der Waals surface area contributed by atoms with E-state index in [9.17, 15) is 0 Å². The Morgan fingerprint density at radius 3 is 0.814 bits per heavy atom. The van der Waals surface area contributed by atoms with Crippen molar-refractivity contribution in [1.29, 1.82) is 0 Å². The van der Waals surface area contributed by atoms with Gasteiger partial charge in [-0.3, -0.25) is 0 Å². The highest BCUT2D eigenvalue weighted by Crippen LogP contribution is 2.55. The Morgan fingerprint density at radius 2 is 0.505 bits per heavy atom. The molecule has 0 saturated carbocycles. The molecule has 13 aromatic rings. The second-order valence-corrected chi connectivity index (χ2v) is 31.9. The van der Waals surface area contributed by atoms with Gasteiger partial charge in [0, 0.05) is 28.6 Å². The minimum atomic E-state index is 0.0725. The summed E-state index contributed by atoms with van der Waals surface area (Å²) in [7, 11) is 0. The van der Waals surface area contributed by atoms with E-state index in [-0.39, 0.29) is 5.41 Å². The van der Waals surface area contributed by atoms with E-state index >= 15 is 0 Å². The monoisotopic (exact) mass is 1590 g/mol. The largest absolute Gasteiger partial charge is 0.0928 e. The number of benzene rings is 13. The van der Waals surface area contributed by atoms with Gasteiger partial charge in [-0.05, 0) is 257 Å². The highest BCUT2D eigenvalue weighted by atomic mass is 79.9. The summed E-state index contributed by atoms with van der Waals surface area (Å²) in [4.78, 5) is 0. The molecule has 0 atom stereocenters. The fraction of sp³-hybridized carbons (Fsp3) is 0.283. The molecule has 0 N–H and O–H groups in total. The van der Waals surface area contributed by atoms with Crippen molar-refractivity contribution in [2.75, 3.05) is 5.33 Å². The van der Waals surface area contributed by atoms with Crippen LogP contribution in [-0.2, 0) is 31.1 Å². The zero-order valence-corrected chi connectivity index (χ0v) is 64.0. The number of halogens is 5. The zero-order valence-electron chi connectivity index (χ0n) is 56.1. The SMILES string of the molecule is BrCCCCCCCCc1c2ccccc2cc2ccccc12.Brc1ccc2c(c1)C(CCCCCCCCc1c3ccccc3cc3ccccc13)(CCCCCCCCc1c3ccccc3cc3ccccc13)c1cc(Br)ccc1-2.Brc1ccc2c(c1)Cc1cc(Br)ccc1-2. The molecule has 2 aliphatic carbocycles. The number of fused-ring (bicyclic) bond motifs is 12. The van der Waals surface area contributed by atoms with Gasteiger partial charge in [-0.1, -0.05) is 339 Å². The Bertz CT molecular complexity index is 4450. The molecule has 0 aromatic heterocycles. The molecule has 15 rings (SSSR count). The second-order valence-electron chi connectivity index (χ2n) is 27.4. The number of rotatable bonds is 26. The number of hydrogen-bond donors (Lipinski definition) is 0. The van der Waals surface area contributed by atoms with Crippen molar-refractivity contribution in [2.45, 2.75) is 160 Å².